The van der Waals surface area contributed by atoms with E-state index >= 15 is 0 Å². The monoisotopic (exact) mass is 339 g/mol. The zero-order valence-corrected chi connectivity index (χ0v) is 14.3. The smallest absolute Gasteiger partial charge is 0.315 e. The molecule has 0 aliphatic heterocycles. The second-order valence-corrected chi connectivity index (χ2v) is 6.68. The molecular formula is C20H25N3O2. The van der Waals surface area contributed by atoms with Gasteiger partial charge in [-0.3, -0.25) is 4.98 Å². The van der Waals surface area contributed by atoms with Gasteiger partial charge in [0, 0.05) is 24.9 Å². The lowest BCUT2D eigenvalue weighted by atomic mass is 10.0. The molecule has 3 N–H and O–H groups in total. The molecule has 1 heterocycles. The number of benzene rings is 1. The van der Waals surface area contributed by atoms with E-state index in [1.54, 1.807) is 6.20 Å². The fraction of sp³-hybridized carbons (Fsp3) is 0.400. The Kier molecular flexibility index (Phi) is 6.01. The molecule has 1 aliphatic carbocycles. The lowest BCUT2D eigenvalue weighted by Crippen LogP contribution is -2.40. The van der Waals surface area contributed by atoms with Crippen LogP contribution in [0, 0.1) is 5.92 Å². The minimum atomic E-state index is -0.212. The molecule has 0 radical (unpaired) electrons. The topological polar surface area (TPSA) is 74.2 Å². The van der Waals surface area contributed by atoms with E-state index in [9.17, 15) is 9.90 Å². The largest absolute Gasteiger partial charge is 0.393 e. The molecule has 1 saturated carbocycles. The number of urea groups is 1. The number of nitrogens with one attached hydrogen (secondary N) is 2. The maximum atomic E-state index is 12.4. The summed E-state index contributed by atoms with van der Waals surface area (Å²) in [6.45, 7) is 0.605. The maximum absolute atomic E-state index is 12.4. The third-order valence-electron chi connectivity index (χ3n) is 4.71. The Hall–Kier alpha value is -2.40. The number of rotatable bonds is 6. The van der Waals surface area contributed by atoms with Gasteiger partial charge in [-0.05, 0) is 42.9 Å². The molecule has 0 saturated heterocycles. The zero-order chi connectivity index (χ0) is 17.5. The van der Waals surface area contributed by atoms with Gasteiger partial charge < -0.3 is 15.7 Å². The predicted octanol–water partition coefficient (Wildman–Crippen LogP) is 2.83. The van der Waals surface area contributed by atoms with Gasteiger partial charge in [0.1, 0.15) is 0 Å². The standard InChI is InChI=1S/C20H25N3O2/c24-18-10-9-15(12-18)14-22-20(25)23-19(16-6-2-1-3-7-16)13-17-8-4-5-11-21-17/h1-8,11,15,18-19,24H,9-10,12-14H2,(H2,22,23,25). The van der Waals surface area contributed by atoms with Crippen molar-refractivity contribution < 1.29 is 9.90 Å². The van der Waals surface area contributed by atoms with Crippen molar-refractivity contribution in [1.29, 1.82) is 0 Å². The highest BCUT2D eigenvalue weighted by atomic mass is 16.3. The number of aliphatic hydroxyl groups excluding tert-OH is 1. The van der Waals surface area contributed by atoms with E-state index in [1.807, 2.05) is 48.5 Å². The molecule has 1 fully saturated rings. The van der Waals surface area contributed by atoms with E-state index in [2.05, 4.69) is 15.6 Å². The van der Waals surface area contributed by atoms with Gasteiger partial charge >= 0.3 is 6.03 Å². The Bertz CT molecular complexity index is 663. The van der Waals surface area contributed by atoms with Crippen LogP contribution in [0.3, 0.4) is 0 Å². The number of aromatic nitrogens is 1. The quantitative estimate of drug-likeness (QED) is 0.757. The van der Waals surface area contributed by atoms with Gasteiger partial charge in [-0.15, -0.1) is 0 Å². The van der Waals surface area contributed by atoms with Gasteiger partial charge in [0.15, 0.2) is 0 Å². The number of hydrogen-bond acceptors (Lipinski definition) is 3. The summed E-state index contributed by atoms with van der Waals surface area (Å²) >= 11 is 0. The highest BCUT2D eigenvalue weighted by Crippen LogP contribution is 2.24. The SMILES string of the molecule is O=C(NCC1CCC(O)C1)NC(Cc1ccccn1)c1ccccc1. The second kappa shape index (κ2) is 8.62. The van der Waals surface area contributed by atoms with Crippen molar-refractivity contribution >= 4 is 6.03 Å². The third-order valence-corrected chi connectivity index (χ3v) is 4.71. The summed E-state index contributed by atoms with van der Waals surface area (Å²) in [6.07, 6.45) is 4.77. The van der Waals surface area contributed by atoms with Gasteiger partial charge in [0.2, 0.25) is 0 Å². The predicted molar refractivity (Wildman–Crippen MR) is 97.0 cm³/mol. The first-order valence-electron chi connectivity index (χ1n) is 8.88. The first-order chi connectivity index (χ1) is 12.2. The summed E-state index contributed by atoms with van der Waals surface area (Å²) in [5.41, 5.74) is 2.00. The molecule has 5 heteroatoms. The van der Waals surface area contributed by atoms with Gasteiger partial charge in [-0.1, -0.05) is 36.4 Å². The number of amides is 2. The van der Waals surface area contributed by atoms with Crippen LogP contribution >= 0.6 is 0 Å². The van der Waals surface area contributed by atoms with Crippen molar-refractivity contribution in [2.24, 2.45) is 5.92 Å². The first-order valence-corrected chi connectivity index (χ1v) is 8.88. The first kappa shape index (κ1) is 17.4. The zero-order valence-electron chi connectivity index (χ0n) is 14.3. The molecule has 1 aliphatic rings. The minimum absolute atomic E-state index is 0.134. The Labute approximate surface area is 148 Å². The third kappa shape index (κ3) is 5.29. The number of carbonyl (C=O) groups excluding carboxylic acids is 1. The molecule has 25 heavy (non-hydrogen) atoms. The van der Waals surface area contributed by atoms with E-state index in [0.29, 0.717) is 18.9 Å². The number of hydrogen-bond donors (Lipinski definition) is 3. The van der Waals surface area contributed by atoms with Crippen LogP contribution in [0.4, 0.5) is 4.79 Å². The van der Waals surface area contributed by atoms with Crippen LogP contribution in [-0.4, -0.2) is 28.8 Å². The van der Waals surface area contributed by atoms with Gasteiger partial charge in [0.05, 0.1) is 12.1 Å². The lowest BCUT2D eigenvalue weighted by Gasteiger charge is -2.20. The molecule has 0 spiro atoms. The molecule has 2 aromatic rings. The van der Waals surface area contributed by atoms with Crippen LogP contribution in [0.25, 0.3) is 0 Å². The summed E-state index contributed by atoms with van der Waals surface area (Å²) in [5, 5.41) is 15.6. The van der Waals surface area contributed by atoms with Crippen LogP contribution in [0.15, 0.2) is 54.7 Å². The highest BCUT2D eigenvalue weighted by Gasteiger charge is 2.23. The van der Waals surface area contributed by atoms with Gasteiger partial charge in [0.25, 0.3) is 0 Å². The molecule has 3 rings (SSSR count). The van der Waals surface area contributed by atoms with E-state index < -0.39 is 0 Å². The maximum Gasteiger partial charge on any atom is 0.315 e. The Balaban J connectivity index is 1.60. The second-order valence-electron chi connectivity index (χ2n) is 6.68. The van der Waals surface area contributed by atoms with E-state index in [4.69, 9.17) is 0 Å². The van der Waals surface area contributed by atoms with E-state index in [0.717, 1.165) is 30.5 Å². The van der Waals surface area contributed by atoms with Crippen LogP contribution in [0.1, 0.15) is 36.6 Å². The van der Waals surface area contributed by atoms with E-state index in [-0.39, 0.29) is 18.2 Å². The van der Waals surface area contributed by atoms with Crippen molar-refractivity contribution in [1.82, 2.24) is 15.6 Å². The normalized spacial score (nSPS) is 20.8. The fourth-order valence-electron chi connectivity index (χ4n) is 3.35. The number of nitrogens with zero attached hydrogens (tertiary/aromatic N) is 1. The number of aliphatic hydroxyl groups is 1. The van der Waals surface area contributed by atoms with Crippen molar-refractivity contribution in [2.45, 2.75) is 37.8 Å². The molecular weight excluding hydrogens is 314 g/mol. The number of carbonyl (C=O) groups is 1. The molecule has 3 unspecified atom stereocenters. The fourth-order valence-corrected chi connectivity index (χ4v) is 3.35. The minimum Gasteiger partial charge on any atom is -0.393 e. The Morgan fingerprint density at radius 2 is 1.96 bits per heavy atom. The molecule has 3 atom stereocenters. The Morgan fingerprint density at radius 3 is 2.64 bits per heavy atom. The molecule has 2 amide bonds. The van der Waals surface area contributed by atoms with Crippen molar-refractivity contribution in [3.05, 3.63) is 66.0 Å². The molecule has 132 valence electrons. The Morgan fingerprint density at radius 1 is 1.16 bits per heavy atom. The average molecular weight is 339 g/mol. The molecule has 0 bridgehead atoms. The van der Waals surface area contributed by atoms with Gasteiger partial charge in [-0.2, -0.15) is 0 Å². The molecule has 1 aromatic carbocycles. The summed E-state index contributed by atoms with van der Waals surface area (Å²) < 4.78 is 0. The molecule has 5 nitrogen and oxygen atoms in total. The average Bonchev–Trinajstić information content (AvgIpc) is 3.06. The highest BCUT2D eigenvalue weighted by molar-refractivity contribution is 5.74. The van der Waals surface area contributed by atoms with Crippen molar-refractivity contribution in [3.63, 3.8) is 0 Å². The summed E-state index contributed by atoms with van der Waals surface area (Å²) in [6, 6.07) is 15.4. The summed E-state index contributed by atoms with van der Waals surface area (Å²) in [5.74, 6) is 0.367. The van der Waals surface area contributed by atoms with Crippen molar-refractivity contribution in [3.8, 4) is 0 Å². The van der Waals surface area contributed by atoms with Crippen LogP contribution in [0.5, 0.6) is 0 Å². The molecule has 1 aromatic heterocycles. The van der Waals surface area contributed by atoms with Crippen LogP contribution < -0.4 is 10.6 Å². The lowest BCUT2D eigenvalue weighted by molar-refractivity contribution is 0.177. The summed E-state index contributed by atoms with van der Waals surface area (Å²) in [4.78, 5) is 16.7. The van der Waals surface area contributed by atoms with Crippen molar-refractivity contribution in [2.75, 3.05) is 6.54 Å². The van der Waals surface area contributed by atoms with Crippen LogP contribution in [-0.2, 0) is 6.42 Å². The number of pyridine rings is 1. The van der Waals surface area contributed by atoms with E-state index in [1.165, 1.54) is 0 Å². The van der Waals surface area contributed by atoms with Crippen LogP contribution in [0.2, 0.25) is 0 Å². The summed E-state index contributed by atoms with van der Waals surface area (Å²) in [7, 11) is 0. The van der Waals surface area contributed by atoms with Gasteiger partial charge in [-0.25, -0.2) is 4.79 Å².